The van der Waals surface area contributed by atoms with Crippen molar-refractivity contribution in [2.45, 2.75) is 71.1 Å². The highest BCUT2D eigenvalue weighted by Gasteiger charge is 2.32. The van der Waals surface area contributed by atoms with Crippen LogP contribution in [0.1, 0.15) is 91.8 Å². The molecule has 2 N–H and O–H groups in total. The lowest BCUT2D eigenvalue weighted by molar-refractivity contribution is -0.137. The van der Waals surface area contributed by atoms with Gasteiger partial charge in [-0.2, -0.15) is 0 Å². The summed E-state index contributed by atoms with van der Waals surface area (Å²) in [6.07, 6.45) is 9.32. The van der Waals surface area contributed by atoms with E-state index in [2.05, 4.69) is 12.2 Å². The second-order valence-corrected chi connectivity index (χ2v) is 8.55. The number of aliphatic carboxylic acids is 1. The number of hydrogen-bond acceptors (Lipinski definition) is 4. The molecule has 2 amide bonds. The van der Waals surface area contributed by atoms with Crippen LogP contribution in [0.3, 0.4) is 0 Å². The predicted molar refractivity (Wildman–Crippen MR) is 127 cm³/mol. The molecule has 0 aliphatic carbocycles. The molecule has 3 rings (SSSR count). The quantitative estimate of drug-likeness (QED) is 0.285. The Morgan fingerprint density at radius 3 is 2.31 bits per heavy atom. The van der Waals surface area contributed by atoms with Crippen molar-refractivity contribution >= 4 is 34.2 Å². The van der Waals surface area contributed by atoms with Crippen LogP contribution in [0.15, 0.2) is 30.3 Å². The summed E-state index contributed by atoms with van der Waals surface area (Å²) in [4.78, 5) is 38.1. The van der Waals surface area contributed by atoms with E-state index < -0.39 is 5.97 Å². The molecule has 0 saturated heterocycles. The van der Waals surface area contributed by atoms with Gasteiger partial charge in [0.2, 0.25) is 0 Å². The number of nitrogens with zero attached hydrogens (tertiary/aromatic N) is 1. The van der Waals surface area contributed by atoms with E-state index in [1.54, 1.807) is 6.07 Å². The molecule has 0 unspecified atom stereocenters. The fourth-order valence-electron chi connectivity index (χ4n) is 4.35. The zero-order chi connectivity index (χ0) is 22.9. The van der Waals surface area contributed by atoms with Crippen LogP contribution < -0.4 is 5.32 Å². The Morgan fingerprint density at radius 2 is 1.56 bits per heavy atom. The van der Waals surface area contributed by atoms with Crippen molar-refractivity contribution in [3.63, 3.8) is 0 Å². The molecule has 2 aromatic carbocycles. The number of nitrogens with one attached hydrogen (secondary N) is 1. The minimum atomic E-state index is -0.823. The van der Waals surface area contributed by atoms with E-state index >= 15 is 0 Å². The normalized spacial score (nSPS) is 13.1. The summed E-state index contributed by atoms with van der Waals surface area (Å²) in [6, 6.07) is 9.39. The third kappa shape index (κ3) is 5.67. The van der Waals surface area contributed by atoms with E-state index in [-0.39, 0.29) is 18.2 Å². The molecule has 6 nitrogen and oxygen atoms in total. The summed E-state index contributed by atoms with van der Waals surface area (Å²) >= 11 is 0. The molecule has 1 aliphatic heterocycles. The lowest BCUT2D eigenvalue weighted by Gasteiger charge is -2.28. The van der Waals surface area contributed by atoms with Crippen molar-refractivity contribution in [2.75, 3.05) is 18.4 Å². The smallest absolute Gasteiger partial charge is 0.303 e. The van der Waals surface area contributed by atoms with Crippen LogP contribution in [-0.2, 0) is 4.79 Å². The van der Waals surface area contributed by atoms with E-state index in [4.69, 9.17) is 5.11 Å². The average Bonchev–Trinajstić information content (AvgIpc) is 2.78. The molecular formula is C26H34N2O4. The van der Waals surface area contributed by atoms with Gasteiger partial charge in [-0.15, -0.1) is 0 Å². The second-order valence-electron chi connectivity index (χ2n) is 8.55. The van der Waals surface area contributed by atoms with Crippen LogP contribution in [0, 0.1) is 0 Å². The van der Waals surface area contributed by atoms with Crippen LogP contribution in [0.2, 0.25) is 0 Å². The summed E-state index contributed by atoms with van der Waals surface area (Å²) in [6.45, 7) is 3.40. The van der Waals surface area contributed by atoms with E-state index in [1.807, 2.05) is 24.3 Å². The van der Waals surface area contributed by atoms with E-state index in [1.165, 1.54) is 37.0 Å². The van der Waals surface area contributed by atoms with Gasteiger partial charge in [-0.05, 0) is 37.5 Å². The predicted octanol–water partition coefficient (Wildman–Crippen LogP) is 5.85. The van der Waals surface area contributed by atoms with Crippen molar-refractivity contribution in [3.05, 3.63) is 41.5 Å². The number of carbonyl (C=O) groups excluding carboxylic acids is 2. The molecular weight excluding hydrogens is 404 g/mol. The van der Waals surface area contributed by atoms with Crippen molar-refractivity contribution in [1.29, 1.82) is 0 Å². The SMILES string of the molecule is CCCCCCCCNc1ccc2c3c(cccc13)C(=O)N(CCCCCC(=O)O)C2=O. The first-order valence-electron chi connectivity index (χ1n) is 11.9. The summed E-state index contributed by atoms with van der Waals surface area (Å²) in [5.74, 6) is -1.35. The number of hydrogen-bond donors (Lipinski definition) is 2. The summed E-state index contributed by atoms with van der Waals surface area (Å²) in [7, 11) is 0. The summed E-state index contributed by atoms with van der Waals surface area (Å²) < 4.78 is 0. The first kappa shape index (κ1) is 23.8. The fraction of sp³-hybridized carbons (Fsp3) is 0.500. The van der Waals surface area contributed by atoms with Gasteiger partial charge in [-0.25, -0.2) is 0 Å². The molecule has 1 aliphatic rings. The number of imide groups is 1. The molecule has 0 bridgehead atoms. The number of unbranched alkanes of at least 4 members (excludes halogenated alkanes) is 7. The topological polar surface area (TPSA) is 86.7 Å². The molecule has 0 spiro atoms. The first-order valence-corrected chi connectivity index (χ1v) is 11.9. The van der Waals surface area contributed by atoms with Gasteiger partial charge < -0.3 is 10.4 Å². The number of benzene rings is 2. The van der Waals surface area contributed by atoms with Gasteiger partial charge in [-0.3, -0.25) is 19.3 Å². The molecule has 0 fully saturated rings. The molecule has 2 aromatic rings. The van der Waals surface area contributed by atoms with Crippen LogP contribution in [0.25, 0.3) is 10.8 Å². The van der Waals surface area contributed by atoms with Gasteiger partial charge in [0.1, 0.15) is 0 Å². The highest BCUT2D eigenvalue weighted by atomic mass is 16.4. The molecule has 32 heavy (non-hydrogen) atoms. The number of amides is 2. The maximum absolute atomic E-state index is 13.1. The molecule has 0 saturated carbocycles. The van der Waals surface area contributed by atoms with Crippen molar-refractivity contribution < 1.29 is 19.5 Å². The highest BCUT2D eigenvalue weighted by molar-refractivity contribution is 6.26. The Kier molecular flexibility index (Phi) is 8.65. The Labute approximate surface area is 190 Å². The zero-order valence-corrected chi connectivity index (χ0v) is 19.0. The minimum absolute atomic E-state index is 0.110. The summed E-state index contributed by atoms with van der Waals surface area (Å²) in [5.41, 5.74) is 2.08. The largest absolute Gasteiger partial charge is 0.481 e. The Balaban J connectivity index is 1.67. The maximum Gasteiger partial charge on any atom is 0.303 e. The van der Waals surface area contributed by atoms with E-state index in [9.17, 15) is 14.4 Å². The lowest BCUT2D eigenvalue weighted by atomic mass is 9.92. The molecule has 0 radical (unpaired) electrons. The maximum atomic E-state index is 13.1. The number of carboxylic acid groups (broad SMARTS) is 1. The minimum Gasteiger partial charge on any atom is -0.481 e. The van der Waals surface area contributed by atoms with Crippen LogP contribution in [0.4, 0.5) is 5.69 Å². The third-order valence-corrected chi connectivity index (χ3v) is 6.11. The Hall–Kier alpha value is -2.89. The Morgan fingerprint density at radius 1 is 0.875 bits per heavy atom. The standard InChI is InChI=1S/C26H34N2O4/c1-2-3-4-5-6-9-17-27-22-16-15-21-24-19(22)12-11-13-20(24)25(31)28(26(21)32)18-10-7-8-14-23(29)30/h11-13,15-16,27H,2-10,14,17-18H2,1H3,(H,29,30). The third-order valence-electron chi connectivity index (χ3n) is 6.11. The van der Waals surface area contributed by atoms with Gasteiger partial charge in [0.25, 0.3) is 11.8 Å². The van der Waals surface area contributed by atoms with Gasteiger partial charge >= 0.3 is 5.97 Å². The van der Waals surface area contributed by atoms with Crippen molar-refractivity contribution in [1.82, 2.24) is 4.90 Å². The van der Waals surface area contributed by atoms with Gasteiger partial charge in [-0.1, -0.05) is 57.6 Å². The zero-order valence-electron chi connectivity index (χ0n) is 19.0. The molecule has 172 valence electrons. The van der Waals surface area contributed by atoms with E-state index in [0.717, 1.165) is 29.4 Å². The lowest BCUT2D eigenvalue weighted by Crippen LogP contribution is -2.40. The summed E-state index contributed by atoms with van der Waals surface area (Å²) in [5, 5.41) is 13.9. The number of carbonyl (C=O) groups is 3. The molecule has 0 atom stereocenters. The van der Waals surface area contributed by atoms with Gasteiger partial charge in [0.15, 0.2) is 0 Å². The monoisotopic (exact) mass is 438 g/mol. The molecule has 1 heterocycles. The number of anilines is 1. The second kappa shape index (κ2) is 11.7. The van der Waals surface area contributed by atoms with Crippen molar-refractivity contribution in [2.24, 2.45) is 0 Å². The van der Waals surface area contributed by atoms with Crippen LogP contribution >= 0.6 is 0 Å². The molecule has 6 heteroatoms. The highest BCUT2D eigenvalue weighted by Crippen LogP contribution is 2.34. The van der Waals surface area contributed by atoms with Crippen molar-refractivity contribution in [3.8, 4) is 0 Å². The van der Waals surface area contributed by atoms with E-state index in [0.29, 0.717) is 36.9 Å². The van der Waals surface area contributed by atoms with Crippen LogP contribution in [-0.4, -0.2) is 40.9 Å². The number of carboxylic acids is 1. The van der Waals surface area contributed by atoms with Crippen LogP contribution in [0.5, 0.6) is 0 Å². The fourth-order valence-corrected chi connectivity index (χ4v) is 4.35. The average molecular weight is 439 g/mol. The molecule has 0 aromatic heterocycles. The van der Waals surface area contributed by atoms with Gasteiger partial charge in [0, 0.05) is 47.1 Å². The number of rotatable bonds is 14. The first-order chi connectivity index (χ1) is 15.5. The Bertz CT molecular complexity index is 947. The van der Waals surface area contributed by atoms with Gasteiger partial charge in [0.05, 0.1) is 0 Å².